The van der Waals surface area contributed by atoms with Crippen LogP contribution in [0.4, 0.5) is 0 Å². The number of hydrogen-bond donors (Lipinski definition) is 1. The number of carbonyl (C=O) groups excluding carboxylic acids is 1. The zero-order valence-electron chi connectivity index (χ0n) is 11.7. The van der Waals surface area contributed by atoms with Crippen LogP contribution in [-0.4, -0.2) is 17.3 Å². The molecule has 1 aromatic heterocycles. The fraction of sp³-hybridized carbons (Fsp3) is 0.688. The Morgan fingerprint density at radius 1 is 1.30 bits per heavy atom. The van der Waals surface area contributed by atoms with Crippen LogP contribution in [0.15, 0.2) is 11.4 Å². The van der Waals surface area contributed by atoms with E-state index >= 15 is 0 Å². The van der Waals surface area contributed by atoms with E-state index in [4.69, 9.17) is 0 Å². The molecule has 1 heterocycles. The van der Waals surface area contributed by atoms with Crippen molar-refractivity contribution in [2.24, 2.45) is 5.92 Å². The van der Waals surface area contributed by atoms with Gasteiger partial charge in [-0.2, -0.15) is 0 Å². The molecule has 0 spiro atoms. The van der Waals surface area contributed by atoms with E-state index in [0.717, 1.165) is 31.0 Å². The lowest BCUT2D eigenvalue weighted by Crippen LogP contribution is -2.45. The van der Waals surface area contributed by atoms with E-state index < -0.39 is 0 Å². The normalized spacial score (nSPS) is 29.8. The summed E-state index contributed by atoms with van der Waals surface area (Å²) in [5.74, 6) is 0.975. The minimum Gasteiger partial charge on any atom is -0.353 e. The molecule has 0 aliphatic heterocycles. The zero-order valence-corrected chi connectivity index (χ0v) is 14.1. The molecule has 0 saturated heterocycles. The third kappa shape index (κ3) is 2.96. The van der Waals surface area contributed by atoms with Gasteiger partial charge in [-0.3, -0.25) is 4.79 Å². The van der Waals surface area contributed by atoms with Crippen LogP contribution in [-0.2, 0) is 11.2 Å². The summed E-state index contributed by atoms with van der Waals surface area (Å²) in [6.45, 7) is 0. The van der Waals surface area contributed by atoms with E-state index in [0.29, 0.717) is 12.0 Å². The molecule has 2 aliphatic carbocycles. The quantitative estimate of drug-likeness (QED) is 0.807. The van der Waals surface area contributed by atoms with Crippen LogP contribution in [0.2, 0.25) is 0 Å². The fourth-order valence-electron chi connectivity index (χ4n) is 3.62. The van der Waals surface area contributed by atoms with E-state index in [2.05, 4.69) is 32.7 Å². The summed E-state index contributed by atoms with van der Waals surface area (Å²) in [6, 6.07) is 2.53. The van der Waals surface area contributed by atoms with E-state index in [1.807, 2.05) is 11.3 Å². The van der Waals surface area contributed by atoms with Crippen molar-refractivity contribution in [2.75, 3.05) is 5.33 Å². The van der Waals surface area contributed by atoms with Crippen molar-refractivity contribution in [2.45, 2.75) is 56.9 Å². The number of halogens is 1. The maximum atomic E-state index is 12.7. The van der Waals surface area contributed by atoms with Crippen molar-refractivity contribution < 1.29 is 4.79 Å². The summed E-state index contributed by atoms with van der Waals surface area (Å²) in [6.07, 6.45) is 8.27. The molecule has 1 saturated carbocycles. The first-order chi connectivity index (χ1) is 9.79. The lowest BCUT2D eigenvalue weighted by Gasteiger charge is -2.33. The first-order valence-electron chi connectivity index (χ1n) is 7.72. The number of nitrogens with one attached hydrogen (secondary N) is 1. The van der Waals surface area contributed by atoms with Gasteiger partial charge in [0.05, 0.1) is 5.92 Å². The summed E-state index contributed by atoms with van der Waals surface area (Å²) >= 11 is 5.42. The molecule has 1 N–H and O–H groups in total. The summed E-state index contributed by atoms with van der Waals surface area (Å²) in [5, 5.41) is 6.50. The molecule has 0 bridgehead atoms. The number of alkyl halides is 1. The summed E-state index contributed by atoms with van der Waals surface area (Å²) in [4.78, 5) is 14.1. The molecule has 4 heteroatoms. The molecule has 0 radical (unpaired) electrons. The van der Waals surface area contributed by atoms with Crippen molar-refractivity contribution in [3.8, 4) is 0 Å². The molecule has 20 heavy (non-hydrogen) atoms. The second-order valence-electron chi connectivity index (χ2n) is 6.06. The van der Waals surface area contributed by atoms with Crippen LogP contribution in [0, 0.1) is 5.92 Å². The van der Waals surface area contributed by atoms with Gasteiger partial charge in [0.2, 0.25) is 5.91 Å². The first-order valence-corrected chi connectivity index (χ1v) is 9.72. The maximum absolute atomic E-state index is 12.7. The molecule has 1 amide bonds. The molecular weight excluding hydrogens is 334 g/mol. The number of amides is 1. The number of rotatable bonds is 3. The Hall–Kier alpha value is -0.350. The maximum Gasteiger partial charge on any atom is 0.227 e. The highest BCUT2D eigenvalue weighted by Gasteiger charge is 2.31. The van der Waals surface area contributed by atoms with Gasteiger partial charge < -0.3 is 5.32 Å². The largest absolute Gasteiger partial charge is 0.353 e. The second kappa shape index (κ2) is 6.61. The van der Waals surface area contributed by atoms with Crippen molar-refractivity contribution in [3.63, 3.8) is 0 Å². The van der Waals surface area contributed by atoms with E-state index in [1.165, 1.54) is 29.7 Å². The number of fused-ring (bicyclic) bond motifs is 1. The minimum absolute atomic E-state index is 0.0999. The Morgan fingerprint density at radius 3 is 3.00 bits per heavy atom. The van der Waals surface area contributed by atoms with E-state index in [-0.39, 0.29) is 11.8 Å². The molecule has 1 aromatic rings. The Labute approximate surface area is 133 Å². The Kier molecular flexibility index (Phi) is 4.82. The number of thiophene rings is 1. The first kappa shape index (κ1) is 14.6. The van der Waals surface area contributed by atoms with Crippen molar-refractivity contribution in [3.05, 3.63) is 21.9 Å². The number of hydrogen-bond acceptors (Lipinski definition) is 2. The minimum atomic E-state index is 0.0999. The molecule has 3 atom stereocenters. The SMILES string of the molecule is O=C(NC1CCCCC1CBr)C1CCCc2sccc21. The van der Waals surface area contributed by atoms with E-state index in [1.54, 1.807) is 0 Å². The Morgan fingerprint density at radius 2 is 2.15 bits per heavy atom. The molecule has 3 unspecified atom stereocenters. The van der Waals surface area contributed by atoms with Gasteiger partial charge in [-0.15, -0.1) is 11.3 Å². The van der Waals surface area contributed by atoms with Gasteiger partial charge in [-0.1, -0.05) is 28.8 Å². The van der Waals surface area contributed by atoms with Crippen LogP contribution >= 0.6 is 27.3 Å². The summed E-state index contributed by atoms with van der Waals surface area (Å²) in [5.41, 5.74) is 1.30. The highest BCUT2D eigenvalue weighted by atomic mass is 79.9. The predicted molar refractivity (Wildman–Crippen MR) is 87.7 cm³/mol. The van der Waals surface area contributed by atoms with Crippen molar-refractivity contribution in [1.82, 2.24) is 5.32 Å². The van der Waals surface area contributed by atoms with Gasteiger partial charge >= 0.3 is 0 Å². The van der Waals surface area contributed by atoms with Gasteiger partial charge in [-0.05, 0) is 55.0 Å². The molecular formula is C16H22BrNOS. The summed E-state index contributed by atoms with van der Waals surface area (Å²) in [7, 11) is 0. The van der Waals surface area contributed by atoms with Crippen molar-refractivity contribution in [1.29, 1.82) is 0 Å². The van der Waals surface area contributed by atoms with Gasteiger partial charge in [0.1, 0.15) is 0 Å². The molecule has 3 rings (SSSR count). The molecule has 110 valence electrons. The highest BCUT2D eigenvalue weighted by Crippen LogP contribution is 2.35. The third-order valence-corrected chi connectivity index (χ3v) is 6.63. The standard InChI is InChI=1S/C16H22BrNOS/c17-10-11-4-1-2-6-14(11)18-16(19)13-5-3-7-15-12(13)8-9-20-15/h8-9,11,13-14H,1-7,10H2,(H,18,19). The lowest BCUT2D eigenvalue weighted by atomic mass is 9.83. The van der Waals surface area contributed by atoms with Crippen LogP contribution in [0.5, 0.6) is 0 Å². The Balaban J connectivity index is 1.68. The fourth-order valence-corrected chi connectivity index (χ4v) is 5.39. The van der Waals surface area contributed by atoms with E-state index in [9.17, 15) is 4.79 Å². The summed E-state index contributed by atoms with van der Waals surface area (Å²) < 4.78 is 0. The van der Waals surface area contributed by atoms with Crippen LogP contribution < -0.4 is 5.32 Å². The predicted octanol–water partition coefficient (Wildman–Crippen LogP) is 4.24. The molecule has 1 fully saturated rings. The molecule has 2 aliphatic rings. The highest BCUT2D eigenvalue weighted by molar-refractivity contribution is 9.09. The average molecular weight is 356 g/mol. The van der Waals surface area contributed by atoms with Crippen LogP contribution in [0.25, 0.3) is 0 Å². The second-order valence-corrected chi connectivity index (χ2v) is 7.71. The zero-order chi connectivity index (χ0) is 13.9. The lowest BCUT2D eigenvalue weighted by molar-refractivity contribution is -0.124. The molecule has 2 nitrogen and oxygen atoms in total. The van der Waals surface area contributed by atoms with Crippen molar-refractivity contribution >= 4 is 33.2 Å². The number of carbonyl (C=O) groups is 1. The Bertz CT molecular complexity index is 473. The third-order valence-electron chi connectivity index (χ3n) is 4.80. The number of aryl methyl sites for hydroxylation is 1. The molecule has 0 aromatic carbocycles. The van der Waals surface area contributed by atoms with Gasteiger partial charge in [0.15, 0.2) is 0 Å². The van der Waals surface area contributed by atoms with Gasteiger partial charge in [-0.25, -0.2) is 0 Å². The van der Waals surface area contributed by atoms with Gasteiger partial charge in [0, 0.05) is 16.2 Å². The van der Waals surface area contributed by atoms with Gasteiger partial charge in [0.25, 0.3) is 0 Å². The van der Waals surface area contributed by atoms with Crippen LogP contribution in [0.1, 0.15) is 54.9 Å². The smallest absolute Gasteiger partial charge is 0.227 e. The average Bonchev–Trinajstić information content (AvgIpc) is 2.96. The monoisotopic (exact) mass is 355 g/mol. The topological polar surface area (TPSA) is 29.1 Å². The van der Waals surface area contributed by atoms with Crippen LogP contribution in [0.3, 0.4) is 0 Å².